The Labute approximate surface area is 81.9 Å². The molecule has 14 heavy (non-hydrogen) atoms. The fraction of sp³-hybridized carbons (Fsp3) is 0.500. The molecule has 0 bridgehead atoms. The van der Waals surface area contributed by atoms with Crippen LogP contribution in [0.2, 0.25) is 0 Å². The van der Waals surface area contributed by atoms with Crippen molar-refractivity contribution >= 4 is 11.6 Å². The SMILES string of the molecule is Cn1cnc(C(=O)CC(=O)C2CC2)c1. The molecule has 1 aliphatic carbocycles. The van der Waals surface area contributed by atoms with E-state index in [4.69, 9.17) is 0 Å². The van der Waals surface area contributed by atoms with Crippen molar-refractivity contribution in [3.63, 3.8) is 0 Å². The van der Waals surface area contributed by atoms with Crippen LogP contribution in [0.4, 0.5) is 0 Å². The predicted molar refractivity (Wildman–Crippen MR) is 49.9 cm³/mol. The number of hydrogen-bond donors (Lipinski definition) is 0. The van der Waals surface area contributed by atoms with Gasteiger partial charge in [0.05, 0.1) is 12.7 Å². The number of carbonyl (C=O) groups is 2. The molecule has 4 nitrogen and oxygen atoms in total. The van der Waals surface area contributed by atoms with Crippen molar-refractivity contribution in [1.82, 2.24) is 9.55 Å². The Morgan fingerprint density at radius 3 is 2.79 bits per heavy atom. The van der Waals surface area contributed by atoms with Gasteiger partial charge in [0.25, 0.3) is 0 Å². The highest BCUT2D eigenvalue weighted by atomic mass is 16.1. The van der Waals surface area contributed by atoms with Crippen molar-refractivity contribution in [3.8, 4) is 0 Å². The fourth-order valence-corrected chi connectivity index (χ4v) is 1.36. The van der Waals surface area contributed by atoms with Gasteiger partial charge in [-0.15, -0.1) is 0 Å². The third kappa shape index (κ3) is 1.89. The first-order valence-corrected chi connectivity index (χ1v) is 4.70. The highest BCUT2D eigenvalue weighted by Gasteiger charge is 2.31. The summed E-state index contributed by atoms with van der Waals surface area (Å²) in [6.07, 6.45) is 5.13. The zero-order chi connectivity index (χ0) is 10.1. The Morgan fingerprint density at radius 2 is 2.29 bits per heavy atom. The minimum atomic E-state index is -0.164. The van der Waals surface area contributed by atoms with Crippen LogP contribution in [0.15, 0.2) is 12.5 Å². The zero-order valence-corrected chi connectivity index (χ0v) is 8.06. The van der Waals surface area contributed by atoms with E-state index in [1.165, 1.54) is 0 Å². The Balaban J connectivity index is 1.98. The molecule has 1 aromatic heterocycles. The minimum Gasteiger partial charge on any atom is -0.340 e. The van der Waals surface area contributed by atoms with Crippen LogP contribution in [-0.4, -0.2) is 21.1 Å². The van der Waals surface area contributed by atoms with Gasteiger partial charge in [-0.05, 0) is 12.8 Å². The molecular weight excluding hydrogens is 180 g/mol. The number of Topliss-reactive ketones (excluding diaryl/α,β-unsaturated/α-hetero) is 2. The molecule has 1 aliphatic rings. The summed E-state index contributed by atoms with van der Waals surface area (Å²) < 4.78 is 1.70. The quantitative estimate of drug-likeness (QED) is 0.527. The van der Waals surface area contributed by atoms with Crippen molar-refractivity contribution in [2.75, 3.05) is 0 Å². The second-order valence-corrected chi connectivity index (χ2v) is 3.76. The second kappa shape index (κ2) is 3.36. The van der Waals surface area contributed by atoms with E-state index in [1.54, 1.807) is 24.1 Å². The number of imidazole rings is 1. The number of nitrogens with zero attached hydrogens (tertiary/aromatic N) is 2. The van der Waals surface area contributed by atoms with E-state index in [0.29, 0.717) is 5.69 Å². The predicted octanol–water partition coefficient (Wildman–Crippen LogP) is 0.972. The van der Waals surface area contributed by atoms with E-state index in [9.17, 15) is 9.59 Å². The lowest BCUT2D eigenvalue weighted by atomic mass is 10.1. The summed E-state index contributed by atoms with van der Waals surface area (Å²) in [5, 5.41) is 0. The standard InChI is InChI=1S/C10H12N2O2/c1-12-5-8(11-6-12)10(14)4-9(13)7-2-3-7/h5-7H,2-4H2,1H3. The number of ketones is 2. The molecule has 0 spiro atoms. The van der Waals surface area contributed by atoms with Gasteiger partial charge in [0.2, 0.25) is 0 Å². The highest BCUT2D eigenvalue weighted by molar-refractivity contribution is 6.07. The van der Waals surface area contributed by atoms with Crippen molar-refractivity contribution in [1.29, 1.82) is 0 Å². The van der Waals surface area contributed by atoms with Gasteiger partial charge in [-0.25, -0.2) is 4.98 Å². The van der Waals surface area contributed by atoms with E-state index in [-0.39, 0.29) is 23.9 Å². The summed E-state index contributed by atoms with van der Waals surface area (Å²) in [6.45, 7) is 0. The van der Waals surface area contributed by atoms with Gasteiger partial charge in [0.15, 0.2) is 5.78 Å². The summed E-state index contributed by atoms with van der Waals surface area (Å²) in [5.74, 6) is 0.0609. The Bertz CT molecular complexity index is 377. The van der Waals surface area contributed by atoms with E-state index in [2.05, 4.69) is 4.98 Å². The third-order valence-electron chi connectivity index (χ3n) is 2.36. The van der Waals surface area contributed by atoms with Crippen molar-refractivity contribution in [3.05, 3.63) is 18.2 Å². The van der Waals surface area contributed by atoms with Crippen LogP contribution in [0.1, 0.15) is 29.8 Å². The Morgan fingerprint density at radius 1 is 1.57 bits per heavy atom. The van der Waals surface area contributed by atoms with Crippen molar-refractivity contribution in [2.45, 2.75) is 19.3 Å². The molecule has 0 aromatic carbocycles. The van der Waals surface area contributed by atoms with Crippen molar-refractivity contribution in [2.24, 2.45) is 13.0 Å². The van der Waals surface area contributed by atoms with Crippen LogP contribution in [0.5, 0.6) is 0 Å². The first-order chi connectivity index (χ1) is 6.66. The molecule has 0 unspecified atom stereocenters. The molecule has 1 heterocycles. The highest BCUT2D eigenvalue weighted by Crippen LogP contribution is 2.31. The lowest BCUT2D eigenvalue weighted by molar-refractivity contribution is -0.119. The monoisotopic (exact) mass is 192 g/mol. The molecular formula is C10H12N2O2. The van der Waals surface area contributed by atoms with Gasteiger partial charge in [0, 0.05) is 19.2 Å². The molecule has 1 saturated carbocycles. The van der Waals surface area contributed by atoms with Crippen LogP contribution in [0.3, 0.4) is 0 Å². The van der Waals surface area contributed by atoms with Gasteiger partial charge in [-0.1, -0.05) is 0 Å². The third-order valence-corrected chi connectivity index (χ3v) is 2.36. The molecule has 0 saturated heterocycles. The lowest BCUT2D eigenvalue weighted by Crippen LogP contribution is -2.09. The van der Waals surface area contributed by atoms with Crippen LogP contribution in [0.25, 0.3) is 0 Å². The van der Waals surface area contributed by atoms with E-state index in [0.717, 1.165) is 12.8 Å². The number of carbonyl (C=O) groups excluding carboxylic acids is 2. The topological polar surface area (TPSA) is 52.0 Å². The summed E-state index contributed by atoms with van der Waals surface area (Å²) in [4.78, 5) is 26.8. The Kier molecular flexibility index (Phi) is 2.19. The molecule has 4 heteroatoms. The number of hydrogen-bond acceptors (Lipinski definition) is 3. The van der Waals surface area contributed by atoms with Crippen molar-refractivity contribution < 1.29 is 9.59 Å². The zero-order valence-electron chi connectivity index (χ0n) is 8.06. The average Bonchev–Trinajstić information content (AvgIpc) is 2.89. The average molecular weight is 192 g/mol. The summed E-state index contributed by atoms with van der Waals surface area (Å²) in [6, 6.07) is 0. The molecule has 2 rings (SSSR count). The summed E-state index contributed by atoms with van der Waals surface area (Å²) >= 11 is 0. The van der Waals surface area contributed by atoms with E-state index >= 15 is 0 Å². The fourth-order valence-electron chi connectivity index (χ4n) is 1.36. The molecule has 0 aliphatic heterocycles. The van der Waals surface area contributed by atoms with Crippen LogP contribution in [-0.2, 0) is 11.8 Å². The smallest absolute Gasteiger partial charge is 0.190 e. The van der Waals surface area contributed by atoms with Gasteiger partial charge < -0.3 is 4.57 Å². The lowest BCUT2D eigenvalue weighted by Gasteiger charge is -1.94. The molecule has 1 fully saturated rings. The maximum absolute atomic E-state index is 11.5. The number of aromatic nitrogens is 2. The molecule has 74 valence electrons. The minimum absolute atomic E-state index is 0.0156. The molecule has 0 atom stereocenters. The van der Waals surface area contributed by atoms with Crippen LogP contribution in [0, 0.1) is 5.92 Å². The van der Waals surface area contributed by atoms with E-state index < -0.39 is 0 Å². The first-order valence-electron chi connectivity index (χ1n) is 4.70. The number of aryl methyl sites for hydroxylation is 1. The normalized spacial score (nSPS) is 15.5. The molecule has 0 amide bonds. The maximum atomic E-state index is 11.5. The van der Waals surface area contributed by atoms with Gasteiger partial charge in [-0.3, -0.25) is 9.59 Å². The van der Waals surface area contributed by atoms with Gasteiger partial charge in [-0.2, -0.15) is 0 Å². The maximum Gasteiger partial charge on any atom is 0.190 e. The Hall–Kier alpha value is -1.45. The van der Waals surface area contributed by atoms with Gasteiger partial charge in [0.1, 0.15) is 11.5 Å². The van der Waals surface area contributed by atoms with Gasteiger partial charge >= 0.3 is 0 Å². The van der Waals surface area contributed by atoms with Crippen LogP contribution >= 0.6 is 0 Å². The molecule has 1 aromatic rings. The first kappa shape index (κ1) is 9.12. The van der Waals surface area contributed by atoms with E-state index in [1.807, 2.05) is 0 Å². The second-order valence-electron chi connectivity index (χ2n) is 3.76. The number of rotatable bonds is 4. The largest absolute Gasteiger partial charge is 0.340 e. The molecule has 0 N–H and O–H groups in total. The van der Waals surface area contributed by atoms with Crippen LogP contribution < -0.4 is 0 Å². The summed E-state index contributed by atoms with van der Waals surface area (Å²) in [7, 11) is 1.80. The molecule has 0 radical (unpaired) electrons. The summed E-state index contributed by atoms with van der Waals surface area (Å²) in [5.41, 5.74) is 0.390.